The summed E-state index contributed by atoms with van der Waals surface area (Å²) < 4.78 is 51.5. The first kappa shape index (κ1) is 14.2. The average Bonchev–Trinajstić information content (AvgIpc) is 2.37. The second-order valence-corrected chi connectivity index (χ2v) is 3.98. The Morgan fingerprint density at radius 3 is 2.55 bits per heavy atom. The van der Waals surface area contributed by atoms with E-state index in [0.29, 0.717) is 6.07 Å². The van der Waals surface area contributed by atoms with E-state index in [2.05, 4.69) is 9.97 Å². The lowest BCUT2D eigenvalue weighted by Crippen LogP contribution is -2.18. The minimum Gasteiger partial charge on any atom is -0.326 e. The molecule has 0 saturated carbocycles. The summed E-state index contributed by atoms with van der Waals surface area (Å²) in [5.41, 5.74) is 3.17. The smallest absolute Gasteiger partial charge is 0.326 e. The molecule has 8 heteroatoms. The van der Waals surface area contributed by atoms with Crippen molar-refractivity contribution in [3.63, 3.8) is 0 Å². The maximum atomic E-state index is 13.0. The standard InChI is InChI=1S/C12H9F4N3O/c13-7-1-2-8(9(3-7)12(14,15)16)10-18-5-6(4-17)11(20)19-10/h1-3,5H,4,17H2,(H,18,19,20). The molecule has 0 aliphatic carbocycles. The fourth-order valence-electron chi connectivity index (χ4n) is 1.66. The van der Waals surface area contributed by atoms with Crippen LogP contribution < -0.4 is 11.3 Å². The lowest BCUT2D eigenvalue weighted by Gasteiger charge is -2.12. The second-order valence-electron chi connectivity index (χ2n) is 3.98. The van der Waals surface area contributed by atoms with E-state index in [4.69, 9.17) is 5.73 Å². The van der Waals surface area contributed by atoms with Crippen LogP contribution in [0.4, 0.5) is 17.6 Å². The number of benzene rings is 1. The van der Waals surface area contributed by atoms with Gasteiger partial charge in [0.05, 0.1) is 5.56 Å². The van der Waals surface area contributed by atoms with Crippen LogP contribution in [0.5, 0.6) is 0 Å². The Labute approximate surface area is 110 Å². The van der Waals surface area contributed by atoms with Crippen LogP contribution in [0.25, 0.3) is 11.4 Å². The first-order valence-electron chi connectivity index (χ1n) is 5.48. The zero-order valence-corrected chi connectivity index (χ0v) is 9.96. The van der Waals surface area contributed by atoms with E-state index >= 15 is 0 Å². The van der Waals surface area contributed by atoms with Crippen LogP contribution in [-0.4, -0.2) is 9.97 Å². The van der Waals surface area contributed by atoms with Gasteiger partial charge in [0.2, 0.25) is 0 Å². The van der Waals surface area contributed by atoms with Gasteiger partial charge in [-0.2, -0.15) is 13.2 Å². The van der Waals surface area contributed by atoms with Crippen molar-refractivity contribution in [2.75, 3.05) is 0 Å². The van der Waals surface area contributed by atoms with E-state index in [1.54, 1.807) is 0 Å². The summed E-state index contributed by atoms with van der Waals surface area (Å²) >= 11 is 0. The lowest BCUT2D eigenvalue weighted by atomic mass is 10.1. The number of nitrogens with zero attached hydrogens (tertiary/aromatic N) is 1. The Hall–Kier alpha value is -2.22. The lowest BCUT2D eigenvalue weighted by molar-refractivity contribution is -0.137. The van der Waals surface area contributed by atoms with Crippen molar-refractivity contribution in [1.29, 1.82) is 0 Å². The molecule has 1 heterocycles. The van der Waals surface area contributed by atoms with Crippen LogP contribution in [-0.2, 0) is 12.7 Å². The maximum absolute atomic E-state index is 13.0. The first-order valence-corrected chi connectivity index (χ1v) is 5.48. The molecule has 2 rings (SSSR count). The number of rotatable bonds is 2. The minimum atomic E-state index is -4.76. The molecular formula is C12H9F4N3O. The number of halogens is 4. The van der Waals surface area contributed by atoms with Gasteiger partial charge in [-0.3, -0.25) is 4.79 Å². The van der Waals surface area contributed by atoms with Crippen molar-refractivity contribution in [3.05, 3.63) is 51.7 Å². The summed E-state index contributed by atoms with van der Waals surface area (Å²) in [7, 11) is 0. The van der Waals surface area contributed by atoms with Crippen molar-refractivity contribution < 1.29 is 17.6 Å². The SMILES string of the molecule is NCc1cnc(-c2ccc(F)cc2C(F)(F)F)[nH]c1=O. The van der Waals surface area contributed by atoms with Crippen molar-refractivity contribution in [1.82, 2.24) is 9.97 Å². The van der Waals surface area contributed by atoms with Crippen LogP contribution in [0, 0.1) is 5.82 Å². The second kappa shape index (κ2) is 5.04. The molecule has 0 bridgehead atoms. The summed E-state index contributed by atoms with van der Waals surface area (Å²) in [4.78, 5) is 17.5. The quantitative estimate of drug-likeness (QED) is 0.830. The summed E-state index contributed by atoms with van der Waals surface area (Å²) in [6, 6.07) is 2.13. The van der Waals surface area contributed by atoms with Gasteiger partial charge in [-0.05, 0) is 18.2 Å². The van der Waals surface area contributed by atoms with Gasteiger partial charge in [-0.1, -0.05) is 0 Å². The molecule has 1 aromatic heterocycles. The van der Waals surface area contributed by atoms with Crippen LogP contribution in [0.2, 0.25) is 0 Å². The molecule has 0 saturated heterocycles. The highest BCUT2D eigenvalue weighted by atomic mass is 19.4. The molecular weight excluding hydrogens is 278 g/mol. The van der Waals surface area contributed by atoms with E-state index < -0.39 is 28.7 Å². The van der Waals surface area contributed by atoms with Gasteiger partial charge in [0, 0.05) is 23.9 Å². The van der Waals surface area contributed by atoms with Gasteiger partial charge in [-0.15, -0.1) is 0 Å². The largest absolute Gasteiger partial charge is 0.417 e. The van der Waals surface area contributed by atoms with Crippen molar-refractivity contribution in [2.45, 2.75) is 12.7 Å². The Bertz CT molecular complexity index is 694. The topological polar surface area (TPSA) is 71.8 Å². The predicted octanol–water partition coefficient (Wildman–Crippen LogP) is 2.05. The molecule has 3 N–H and O–H groups in total. The Kier molecular flexibility index (Phi) is 3.58. The summed E-state index contributed by atoms with van der Waals surface area (Å²) in [6.07, 6.45) is -3.67. The normalized spacial score (nSPS) is 11.7. The fourth-order valence-corrected chi connectivity index (χ4v) is 1.66. The molecule has 1 aromatic carbocycles. The highest BCUT2D eigenvalue weighted by molar-refractivity contribution is 5.61. The van der Waals surface area contributed by atoms with Crippen LogP contribution >= 0.6 is 0 Å². The first-order chi connectivity index (χ1) is 9.32. The number of nitrogens with two attached hydrogens (primary N) is 1. The third-order valence-corrected chi connectivity index (χ3v) is 2.64. The van der Waals surface area contributed by atoms with Gasteiger partial charge < -0.3 is 10.7 Å². The van der Waals surface area contributed by atoms with Gasteiger partial charge >= 0.3 is 6.18 Å². The number of H-pyrrole nitrogens is 1. The van der Waals surface area contributed by atoms with Crippen LogP contribution in [0.1, 0.15) is 11.1 Å². The molecule has 0 fully saturated rings. The molecule has 20 heavy (non-hydrogen) atoms. The fraction of sp³-hybridized carbons (Fsp3) is 0.167. The average molecular weight is 287 g/mol. The molecule has 0 amide bonds. The minimum absolute atomic E-state index is 0.0852. The predicted molar refractivity (Wildman–Crippen MR) is 63.1 cm³/mol. The Balaban J connectivity index is 2.64. The summed E-state index contributed by atoms with van der Waals surface area (Å²) in [6.45, 7) is -0.0852. The van der Waals surface area contributed by atoms with E-state index in [0.717, 1.165) is 18.3 Å². The summed E-state index contributed by atoms with van der Waals surface area (Å²) in [5, 5.41) is 0. The van der Waals surface area contributed by atoms with E-state index in [1.807, 2.05) is 0 Å². The van der Waals surface area contributed by atoms with E-state index in [-0.39, 0.29) is 17.9 Å². The zero-order valence-electron chi connectivity index (χ0n) is 9.96. The molecule has 106 valence electrons. The highest BCUT2D eigenvalue weighted by Gasteiger charge is 2.34. The van der Waals surface area contributed by atoms with E-state index in [9.17, 15) is 22.4 Å². The monoisotopic (exact) mass is 287 g/mol. The molecule has 0 unspecified atom stereocenters. The van der Waals surface area contributed by atoms with Gasteiger partial charge in [-0.25, -0.2) is 9.37 Å². The number of hydrogen-bond acceptors (Lipinski definition) is 3. The van der Waals surface area contributed by atoms with Crippen molar-refractivity contribution >= 4 is 0 Å². The van der Waals surface area contributed by atoms with Gasteiger partial charge in [0.15, 0.2) is 0 Å². The van der Waals surface area contributed by atoms with Gasteiger partial charge in [0.1, 0.15) is 11.6 Å². The van der Waals surface area contributed by atoms with Crippen LogP contribution in [0.3, 0.4) is 0 Å². The molecule has 0 aliphatic heterocycles. The zero-order chi connectivity index (χ0) is 14.9. The van der Waals surface area contributed by atoms with Crippen LogP contribution in [0.15, 0.2) is 29.2 Å². The molecule has 0 radical (unpaired) electrons. The van der Waals surface area contributed by atoms with E-state index in [1.165, 1.54) is 0 Å². The number of aromatic nitrogens is 2. The van der Waals surface area contributed by atoms with Crippen molar-refractivity contribution in [3.8, 4) is 11.4 Å². The molecule has 2 aromatic rings. The highest BCUT2D eigenvalue weighted by Crippen LogP contribution is 2.36. The third kappa shape index (κ3) is 2.69. The Morgan fingerprint density at radius 2 is 2.00 bits per heavy atom. The number of nitrogens with one attached hydrogen (secondary N) is 1. The molecule has 0 spiro atoms. The summed E-state index contributed by atoms with van der Waals surface area (Å²) in [5.74, 6) is -1.32. The number of alkyl halides is 3. The molecule has 0 aliphatic rings. The maximum Gasteiger partial charge on any atom is 0.417 e. The number of hydrogen-bond donors (Lipinski definition) is 2. The van der Waals surface area contributed by atoms with Gasteiger partial charge in [0.25, 0.3) is 5.56 Å². The molecule has 0 atom stereocenters. The number of aromatic amines is 1. The molecule has 4 nitrogen and oxygen atoms in total. The third-order valence-electron chi connectivity index (χ3n) is 2.64. The Morgan fingerprint density at radius 1 is 1.30 bits per heavy atom. The van der Waals surface area contributed by atoms with Crippen molar-refractivity contribution in [2.24, 2.45) is 5.73 Å².